The molecule has 2 rings (SSSR count). The van der Waals surface area contributed by atoms with Crippen LogP contribution in [0.5, 0.6) is 0 Å². The molecule has 1 saturated carbocycles. The topological polar surface area (TPSA) is 74.7 Å². The fourth-order valence-electron chi connectivity index (χ4n) is 3.24. The number of carboxylic acids is 1. The number of carboxylic acid groups (broad SMARTS) is 1. The molecule has 5 heteroatoms. The number of aliphatic carboxylic acids is 1. The Labute approximate surface area is 106 Å². The molecule has 1 saturated heterocycles. The van der Waals surface area contributed by atoms with Gasteiger partial charge in [0.05, 0.1) is 5.41 Å². The van der Waals surface area contributed by atoms with Crippen LogP contribution >= 0.6 is 0 Å². The number of carbonyl (C=O) groups is 3. The molecule has 1 aliphatic carbocycles. The van der Waals surface area contributed by atoms with Crippen molar-refractivity contribution >= 4 is 17.8 Å². The molecule has 0 aromatic carbocycles. The number of carbonyl (C=O) groups excluding carboxylic acids is 2. The number of hydrogen-bond donors (Lipinski definition) is 1. The lowest BCUT2D eigenvalue weighted by Crippen LogP contribution is -2.49. The molecule has 1 unspecified atom stereocenters. The molecule has 2 amide bonds. The minimum Gasteiger partial charge on any atom is -0.480 e. The van der Waals surface area contributed by atoms with Gasteiger partial charge in [-0.15, -0.1) is 0 Å². The van der Waals surface area contributed by atoms with Gasteiger partial charge in [0, 0.05) is 6.42 Å². The molecule has 1 aliphatic heterocycles. The fourth-order valence-corrected chi connectivity index (χ4v) is 3.24. The van der Waals surface area contributed by atoms with Crippen molar-refractivity contribution in [2.24, 2.45) is 11.3 Å². The smallest absolute Gasteiger partial charge is 0.327 e. The van der Waals surface area contributed by atoms with Crippen molar-refractivity contribution in [2.45, 2.75) is 52.0 Å². The molecule has 0 bridgehead atoms. The second kappa shape index (κ2) is 4.37. The molecule has 1 heterocycles. The lowest BCUT2D eigenvalue weighted by Gasteiger charge is -2.28. The summed E-state index contributed by atoms with van der Waals surface area (Å²) in [4.78, 5) is 36.8. The monoisotopic (exact) mass is 253 g/mol. The van der Waals surface area contributed by atoms with Crippen LogP contribution in [0.3, 0.4) is 0 Å². The van der Waals surface area contributed by atoms with Gasteiger partial charge in [-0.05, 0) is 18.8 Å². The van der Waals surface area contributed by atoms with Gasteiger partial charge in [-0.3, -0.25) is 14.5 Å². The van der Waals surface area contributed by atoms with Gasteiger partial charge in [-0.2, -0.15) is 0 Å². The Hall–Kier alpha value is -1.39. The summed E-state index contributed by atoms with van der Waals surface area (Å²) in [6.07, 6.45) is 3.54. The van der Waals surface area contributed by atoms with Crippen LogP contribution in [0.4, 0.5) is 0 Å². The van der Waals surface area contributed by atoms with Crippen molar-refractivity contribution in [3.63, 3.8) is 0 Å². The third-order valence-corrected chi connectivity index (χ3v) is 4.15. The van der Waals surface area contributed by atoms with Crippen molar-refractivity contribution in [2.75, 3.05) is 0 Å². The molecule has 1 atom stereocenters. The highest BCUT2D eigenvalue weighted by Crippen LogP contribution is 2.47. The fraction of sp³-hybridized carbons (Fsp3) is 0.769. The summed E-state index contributed by atoms with van der Waals surface area (Å²) in [6.45, 7) is 3.44. The Morgan fingerprint density at radius 1 is 1.28 bits per heavy atom. The maximum atomic E-state index is 12.4. The summed E-state index contributed by atoms with van der Waals surface area (Å²) in [5.41, 5.74) is -0.584. The average Bonchev–Trinajstić information content (AvgIpc) is 2.80. The van der Waals surface area contributed by atoms with Crippen LogP contribution < -0.4 is 0 Å². The van der Waals surface area contributed by atoms with Gasteiger partial charge < -0.3 is 5.11 Å². The summed E-state index contributed by atoms with van der Waals surface area (Å²) in [6, 6.07) is -1.02. The van der Waals surface area contributed by atoms with E-state index in [4.69, 9.17) is 0 Å². The predicted octanol–water partition coefficient (Wildman–Crippen LogP) is 1.41. The third kappa shape index (κ3) is 1.82. The lowest BCUT2D eigenvalue weighted by atomic mass is 9.84. The van der Waals surface area contributed by atoms with Crippen LogP contribution in [0.1, 0.15) is 46.0 Å². The maximum Gasteiger partial charge on any atom is 0.327 e. The summed E-state index contributed by atoms with van der Waals surface area (Å²) < 4.78 is 0. The lowest BCUT2D eigenvalue weighted by molar-refractivity contribution is -0.157. The van der Waals surface area contributed by atoms with Crippen LogP contribution in [0, 0.1) is 11.3 Å². The third-order valence-electron chi connectivity index (χ3n) is 4.15. The zero-order chi connectivity index (χ0) is 13.5. The first-order valence-corrected chi connectivity index (χ1v) is 6.48. The molecule has 0 aromatic heterocycles. The molecule has 1 spiro atoms. The van der Waals surface area contributed by atoms with Gasteiger partial charge in [0.15, 0.2) is 0 Å². The van der Waals surface area contributed by atoms with Crippen LogP contribution in [0.15, 0.2) is 0 Å². The molecule has 0 radical (unpaired) electrons. The highest BCUT2D eigenvalue weighted by molar-refractivity contribution is 6.08. The van der Waals surface area contributed by atoms with Crippen LogP contribution in [0.2, 0.25) is 0 Å². The van der Waals surface area contributed by atoms with E-state index < -0.39 is 17.4 Å². The number of nitrogens with zero attached hydrogens (tertiary/aromatic N) is 1. The molecular weight excluding hydrogens is 234 g/mol. The van der Waals surface area contributed by atoms with Crippen LogP contribution in [0.25, 0.3) is 0 Å². The highest BCUT2D eigenvalue weighted by atomic mass is 16.4. The zero-order valence-electron chi connectivity index (χ0n) is 10.8. The van der Waals surface area contributed by atoms with Crippen LogP contribution in [-0.4, -0.2) is 33.8 Å². The maximum absolute atomic E-state index is 12.4. The first-order chi connectivity index (χ1) is 8.39. The Bertz CT molecular complexity index is 396. The Morgan fingerprint density at radius 3 is 2.28 bits per heavy atom. The molecular formula is C13H19NO4. The minimum absolute atomic E-state index is 0.197. The zero-order valence-corrected chi connectivity index (χ0v) is 10.8. The number of amides is 2. The molecule has 5 nitrogen and oxygen atoms in total. The summed E-state index contributed by atoms with van der Waals surface area (Å²) in [5.74, 6) is -1.94. The van der Waals surface area contributed by atoms with Gasteiger partial charge in [0.2, 0.25) is 11.8 Å². The van der Waals surface area contributed by atoms with Crippen molar-refractivity contribution < 1.29 is 19.5 Å². The van der Waals surface area contributed by atoms with E-state index in [1.165, 1.54) is 0 Å². The van der Waals surface area contributed by atoms with E-state index in [-0.39, 0.29) is 24.2 Å². The van der Waals surface area contributed by atoms with Gasteiger partial charge in [-0.1, -0.05) is 26.7 Å². The van der Waals surface area contributed by atoms with E-state index in [0.717, 1.165) is 30.6 Å². The quantitative estimate of drug-likeness (QED) is 0.772. The predicted molar refractivity (Wildman–Crippen MR) is 63.6 cm³/mol. The molecule has 0 aromatic rings. The second-order valence-electron chi connectivity index (χ2n) is 5.76. The van der Waals surface area contributed by atoms with E-state index >= 15 is 0 Å². The summed E-state index contributed by atoms with van der Waals surface area (Å²) in [5, 5.41) is 9.22. The highest BCUT2D eigenvalue weighted by Gasteiger charge is 2.55. The SMILES string of the molecule is CC(C)C(C(=O)O)N1C(=O)CC2(CCCC2)C1=O. The first-order valence-electron chi connectivity index (χ1n) is 6.48. The first kappa shape index (κ1) is 13.1. The number of hydrogen-bond acceptors (Lipinski definition) is 3. The molecule has 100 valence electrons. The van der Waals surface area contributed by atoms with E-state index in [2.05, 4.69) is 0 Å². The average molecular weight is 253 g/mol. The summed E-state index contributed by atoms with van der Waals surface area (Å²) in [7, 11) is 0. The Kier molecular flexibility index (Phi) is 3.17. The molecule has 2 aliphatic rings. The van der Waals surface area contributed by atoms with Crippen LogP contribution in [-0.2, 0) is 14.4 Å². The molecule has 2 fully saturated rings. The van der Waals surface area contributed by atoms with Crippen molar-refractivity contribution in [3.8, 4) is 0 Å². The van der Waals surface area contributed by atoms with E-state index in [9.17, 15) is 19.5 Å². The van der Waals surface area contributed by atoms with E-state index in [1.807, 2.05) is 0 Å². The van der Waals surface area contributed by atoms with Gasteiger partial charge in [0.1, 0.15) is 6.04 Å². The van der Waals surface area contributed by atoms with Gasteiger partial charge in [-0.25, -0.2) is 4.79 Å². The van der Waals surface area contributed by atoms with Crippen molar-refractivity contribution in [3.05, 3.63) is 0 Å². The Morgan fingerprint density at radius 2 is 1.83 bits per heavy atom. The van der Waals surface area contributed by atoms with E-state index in [0.29, 0.717) is 0 Å². The largest absolute Gasteiger partial charge is 0.480 e. The van der Waals surface area contributed by atoms with Gasteiger partial charge >= 0.3 is 5.97 Å². The Balaban J connectivity index is 2.31. The normalized spacial score (nSPS) is 24.3. The second-order valence-corrected chi connectivity index (χ2v) is 5.76. The number of rotatable bonds is 3. The van der Waals surface area contributed by atoms with Crippen molar-refractivity contribution in [1.82, 2.24) is 4.90 Å². The number of likely N-dealkylation sites (tertiary alicyclic amines) is 1. The van der Waals surface area contributed by atoms with Crippen molar-refractivity contribution in [1.29, 1.82) is 0 Å². The molecule has 1 N–H and O–H groups in total. The minimum atomic E-state index is -1.10. The van der Waals surface area contributed by atoms with E-state index in [1.54, 1.807) is 13.8 Å². The number of imide groups is 1. The van der Waals surface area contributed by atoms with Gasteiger partial charge in [0.25, 0.3) is 0 Å². The standard InChI is InChI=1S/C13H19NO4/c1-8(2)10(11(16)17)14-9(15)7-13(12(14)18)5-3-4-6-13/h8,10H,3-7H2,1-2H3,(H,16,17). The summed E-state index contributed by atoms with van der Waals surface area (Å²) >= 11 is 0. The molecule has 18 heavy (non-hydrogen) atoms.